The molecule has 3 heteroatoms. The number of hydrogen-bond acceptors (Lipinski definition) is 2. The Balaban J connectivity index is 1.58. The van der Waals surface area contributed by atoms with Gasteiger partial charge in [-0.25, -0.2) is 0 Å². The van der Waals surface area contributed by atoms with Crippen molar-refractivity contribution in [1.82, 2.24) is 0 Å². The molecule has 0 heterocycles. The van der Waals surface area contributed by atoms with E-state index in [0.717, 1.165) is 50.5 Å². The highest BCUT2D eigenvalue weighted by Gasteiger charge is 2.67. The second kappa shape index (κ2) is 6.55. The zero-order valence-electron chi connectivity index (χ0n) is 18.7. The fraction of sp³-hybridized carbons (Fsp3) is 0.630. The molecule has 2 N–H and O–H groups in total. The topological polar surface area (TPSA) is 60.2 Å². The van der Waals surface area contributed by atoms with E-state index in [2.05, 4.69) is 45.0 Å². The van der Waals surface area contributed by atoms with Crippen molar-refractivity contribution in [2.24, 2.45) is 34.3 Å². The SMILES string of the molecule is Cc1ccccc1C1(C(N)=O)CC[C@H]2[C@@H]3CCC4=CC(=O)CC[C@]4(C)[C@@H]3CC[C@@]21C. The third kappa shape index (κ3) is 2.38. The molecule has 3 saturated carbocycles. The highest BCUT2D eigenvalue weighted by molar-refractivity contribution is 5.91. The Morgan fingerprint density at radius 1 is 1.00 bits per heavy atom. The van der Waals surface area contributed by atoms with Crippen LogP contribution in [0.3, 0.4) is 0 Å². The minimum absolute atomic E-state index is 0.0891. The van der Waals surface area contributed by atoms with Gasteiger partial charge in [0.25, 0.3) is 0 Å². The number of hydrogen-bond donors (Lipinski definition) is 1. The molecule has 5 rings (SSSR count). The first kappa shape index (κ1) is 20.0. The number of nitrogens with two attached hydrogens (primary N) is 1. The minimum Gasteiger partial charge on any atom is -0.369 e. The first-order chi connectivity index (χ1) is 14.2. The van der Waals surface area contributed by atoms with Gasteiger partial charge in [-0.15, -0.1) is 0 Å². The summed E-state index contributed by atoms with van der Waals surface area (Å²) in [6, 6.07) is 8.39. The molecule has 1 aromatic carbocycles. The average molecular weight is 406 g/mol. The smallest absolute Gasteiger partial charge is 0.228 e. The summed E-state index contributed by atoms with van der Waals surface area (Å²) >= 11 is 0. The van der Waals surface area contributed by atoms with Crippen molar-refractivity contribution in [3.8, 4) is 0 Å². The van der Waals surface area contributed by atoms with E-state index in [-0.39, 0.29) is 16.7 Å². The van der Waals surface area contributed by atoms with Gasteiger partial charge < -0.3 is 5.73 Å². The molecule has 0 bridgehead atoms. The lowest BCUT2D eigenvalue weighted by atomic mass is 9.44. The van der Waals surface area contributed by atoms with E-state index in [1.165, 1.54) is 11.1 Å². The van der Waals surface area contributed by atoms with E-state index in [1.807, 2.05) is 6.08 Å². The quantitative estimate of drug-likeness (QED) is 0.730. The Morgan fingerprint density at radius 3 is 2.47 bits per heavy atom. The lowest BCUT2D eigenvalue weighted by Gasteiger charge is -2.59. The van der Waals surface area contributed by atoms with E-state index in [9.17, 15) is 9.59 Å². The summed E-state index contributed by atoms with van der Waals surface area (Å²) in [4.78, 5) is 25.3. The van der Waals surface area contributed by atoms with E-state index < -0.39 is 5.41 Å². The maximum absolute atomic E-state index is 13.2. The summed E-state index contributed by atoms with van der Waals surface area (Å²) in [7, 11) is 0. The predicted octanol–water partition coefficient (Wildman–Crippen LogP) is 5.25. The van der Waals surface area contributed by atoms with Gasteiger partial charge in [0.15, 0.2) is 5.78 Å². The third-order valence-corrected chi connectivity index (χ3v) is 10.2. The first-order valence-corrected chi connectivity index (χ1v) is 11.8. The number of primary amides is 1. The fourth-order valence-electron chi connectivity index (χ4n) is 8.63. The van der Waals surface area contributed by atoms with Gasteiger partial charge >= 0.3 is 0 Å². The van der Waals surface area contributed by atoms with Crippen molar-refractivity contribution < 1.29 is 9.59 Å². The van der Waals surface area contributed by atoms with E-state index >= 15 is 0 Å². The van der Waals surface area contributed by atoms with Crippen molar-refractivity contribution in [2.75, 3.05) is 0 Å². The van der Waals surface area contributed by atoms with E-state index in [0.29, 0.717) is 30.0 Å². The van der Waals surface area contributed by atoms with Gasteiger partial charge in [0.1, 0.15) is 0 Å². The number of aryl methyl sites for hydroxylation is 1. The monoisotopic (exact) mass is 405 g/mol. The lowest BCUT2D eigenvalue weighted by Crippen LogP contribution is -2.57. The van der Waals surface area contributed by atoms with Gasteiger partial charge in [-0.2, -0.15) is 0 Å². The third-order valence-electron chi connectivity index (χ3n) is 10.2. The maximum atomic E-state index is 13.2. The van der Waals surface area contributed by atoms with Crippen LogP contribution in [-0.2, 0) is 15.0 Å². The molecule has 0 spiro atoms. The molecular weight excluding hydrogens is 370 g/mol. The zero-order chi connectivity index (χ0) is 21.3. The van der Waals surface area contributed by atoms with Crippen molar-refractivity contribution in [2.45, 2.75) is 77.6 Å². The predicted molar refractivity (Wildman–Crippen MR) is 119 cm³/mol. The Hall–Kier alpha value is -1.90. The minimum atomic E-state index is -0.562. The fourth-order valence-corrected chi connectivity index (χ4v) is 8.63. The molecule has 30 heavy (non-hydrogen) atoms. The van der Waals surface area contributed by atoms with Crippen LogP contribution < -0.4 is 5.73 Å². The van der Waals surface area contributed by atoms with Crippen LogP contribution in [-0.4, -0.2) is 11.7 Å². The number of allylic oxidation sites excluding steroid dienone is 1. The molecule has 160 valence electrons. The maximum Gasteiger partial charge on any atom is 0.228 e. The summed E-state index contributed by atoms with van der Waals surface area (Å²) in [6.07, 6.45) is 10.0. The van der Waals surface area contributed by atoms with Crippen LogP contribution in [0.15, 0.2) is 35.9 Å². The molecule has 0 saturated heterocycles. The largest absolute Gasteiger partial charge is 0.369 e. The second-order valence-electron chi connectivity index (χ2n) is 11.0. The Kier molecular flexibility index (Phi) is 4.37. The van der Waals surface area contributed by atoms with Crippen LogP contribution in [0.2, 0.25) is 0 Å². The molecule has 3 nitrogen and oxygen atoms in total. The molecule has 1 unspecified atom stereocenters. The zero-order valence-corrected chi connectivity index (χ0v) is 18.7. The summed E-state index contributed by atoms with van der Waals surface area (Å²) in [6.45, 7) is 6.92. The van der Waals surface area contributed by atoms with Crippen LogP contribution in [0, 0.1) is 35.5 Å². The van der Waals surface area contributed by atoms with E-state index in [1.54, 1.807) is 0 Å². The number of rotatable bonds is 2. The number of carbonyl (C=O) groups excluding carboxylic acids is 2. The van der Waals surface area contributed by atoms with Crippen molar-refractivity contribution in [3.05, 3.63) is 47.0 Å². The highest BCUT2D eigenvalue weighted by atomic mass is 16.1. The Labute approximate surface area is 180 Å². The molecule has 4 aliphatic rings. The molecule has 1 amide bonds. The summed E-state index contributed by atoms with van der Waals surface area (Å²) in [5.41, 5.74) is 9.52. The number of ketones is 1. The molecule has 1 aromatic rings. The summed E-state index contributed by atoms with van der Waals surface area (Å²) in [5.74, 6) is 1.97. The van der Waals surface area contributed by atoms with Crippen molar-refractivity contribution in [3.63, 3.8) is 0 Å². The van der Waals surface area contributed by atoms with Crippen molar-refractivity contribution in [1.29, 1.82) is 0 Å². The molecule has 3 fully saturated rings. The number of amides is 1. The molecule has 4 aliphatic carbocycles. The molecule has 0 aromatic heterocycles. The summed E-state index contributed by atoms with van der Waals surface area (Å²) in [5, 5.41) is 0. The van der Waals surface area contributed by atoms with Gasteiger partial charge in [0, 0.05) is 6.42 Å². The Bertz CT molecular complexity index is 948. The first-order valence-electron chi connectivity index (χ1n) is 11.8. The number of fused-ring (bicyclic) bond motifs is 5. The van der Waals surface area contributed by atoms with Crippen LogP contribution >= 0.6 is 0 Å². The van der Waals surface area contributed by atoms with Gasteiger partial charge in [0.2, 0.25) is 5.91 Å². The lowest BCUT2D eigenvalue weighted by molar-refractivity contribution is -0.133. The summed E-state index contributed by atoms with van der Waals surface area (Å²) < 4.78 is 0. The molecule has 0 radical (unpaired) electrons. The van der Waals surface area contributed by atoms with Crippen LogP contribution in [0.5, 0.6) is 0 Å². The van der Waals surface area contributed by atoms with Gasteiger partial charge in [-0.1, -0.05) is 43.7 Å². The van der Waals surface area contributed by atoms with Gasteiger partial charge in [0.05, 0.1) is 5.41 Å². The highest BCUT2D eigenvalue weighted by Crippen LogP contribution is 2.70. The van der Waals surface area contributed by atoms with Crippen LogP contribution in [0.25, 0.3) is 0 Å². The Morgan fingerprint density at radius 2 is 1.73 bits per heavy atom. The normalized spacial score (nSPS) is 42.7. The molecule has 6 atom stereocenters. The number of benzene rings is 1. The molecule has 0 aliphatic heterocycles. The van der Waals surface area contributed by atoms with Crippen molar-refractivity contribution >= 4 is 11.7 Å². The average Bonchev–Trinajstić information content (AvgIpc) is 3.03. The number of carbonyl (C=O) groups is 2. The van der Waals surface area contributed by atoms with Gasteiger partial charge in [-0.3, -0.25) is 9.59 Å². The molecular formula is C27H35NO2. The van der Waals surface area contributed by atoms with Crippen LogP contribution in [0.1, 0.15) is 76.3 Å². The standard InChI is InChI=1S/C27H35NO2/c1-17-6-4-5-7-21(17)27(24(28)30)15-12-23-20-9-8-18-16-19(29)10-13-25(18,2)22(20)11-14-26(23,27)3/h4-7,16,20,22-23H,8-15H2,1-3H3,(H2,28,30)/t20-,22-,23+,25+,26+,27?/m1/s1. The van der Waals surface area contributed by atoms with Gasteiger partial charge in [-0.05, 0) is 97.7 Å². The van der Waals surface area contributed by atoms with E-state index in [4.69, 9.17) is 5.73 Å². The second-order valence-corrected chi connectivity index (χ2v) is 11.0. The van der Waals surface area contributed by atoms with Crippen LogP contribution in [0.4, 0.5) is 0 Å².